The quantitative estimate of drug-likeness (QED) is 0.694. The van der Waals surface area contributed by atoms with Crippen molar-refractivity contribution >= 4 is 17.0 Å². The van der Waals surface area contributed by atoms with Gasteiger partial charge in [-0.25, -0.2) is 4.79 Å². The van der Waals surface area contributed by atoms with Crippen LogP contribution in [0.5, 0.6) is 5.75 Å². The van der Waals surface area contributed by atoms with Gasteiger partial charge in [-0.1, -0.05) is 18.2 Å². The monoisotopic (exact) mass is 405 g/mol. The van der Waals surface area contributed by atoms with Gasteiger partial charge in [0, 0.05) is 30.2 Å². The third-order valence-corrected chi connectivity index (χ3v) is 7.31. The number of aromatic nitrogens is 1. The number of pyridine rings is 1. The summed E-state index contributed by atoms with van der Waals surface area (Å²) in [5, 5.41) is 4.31. The molecule has 4 aliphatic carbocycles. The molecule has 0 aliphatic heterocycles. The molecule has 0 unspecified atom stereocenters. The molecule has 30 heavy (non-hydrogen) atoms. The van der Waals surface area contributed by atoms with Gasteiger partial charge < -0.3 is 10.1 Å². The maximum atomic E-state index is 12.9. The van der Waals surface area contributed by atoms with Crippen molar-refractivity contribution in [1.29, 1.82) is 0 Å². The van der Waals surface area contributed by atoms with Crippen molar-refractivity contribution in [2.75, 3.05) is 13.6 Å². The van der Waals surface area contributed by atoms with Gasteiger partial charge in [0.25, 0.3) is 0 Å². The third-order valence-electron chi connectivity index (χ3n) is 7.31. The van der Waals surface area contributed by atoms with Crippen LogP contribution in [-0.4, -0.2) is 35.1 Å². The van der Waals surface area contributed by atoms with Crippen LogP contribution in [0.3, 0.4) is 0 Å². The van der Waals surface area contributed by atoms with Crippen LogP contribution in [0.1, 0.15) is 44.1 Å². The predicted molar refractivity (Wildman–Crippen MR) is 118 cm³/mol. The number of nitrogens with zero attached hydrogens (tertiary/aromatic N) is 2. The Kier molecular flexibility index (Phi) is 5.02. The van der Waals surface area contributed by atoms with E-state index in [4.69, 9.17) is 4.74 Å². The number of nitrogens with one attached hydrogen (secondary N) is 1. The Hall–Kier alpha value is -2.40. The molecule has 0 atom stereocenters. The summed E-state index contributed by atoms with van der Waals surface area (Å²) in [6, 6.07) is 7.89. The first kappa shape index (κ1) is 19.6. The first-order valence-corrected chi connectivity index (χ1v) is 11.2. The second kappa shape index (κ2) is 7.69. The van der Waals surface area contributed by atoms with E-state index in [2.05, 4.69) is 28.8 Å². The van der Waals surface area contributed by atoms with E-state index in [1.54, 1.807) is 6.20 Å². The highest BCUT2D eigenvalue weighted by Crippen LogP contribution is 2.55. The van der Waals surface area contributed by atoms with E-state index in [1.807, 2.05) is 30.3 Å². The van der Waals surface area contributed by atoms with Crippen molar-refractivity contribution in [3.8, 4) is 5.75 Å². The van der Waals surface area contributed by atoms with Gasteiger partial charge in [0.1, 0.15) is 5.52 Å². The summed E-state index contributed by atoms with van der Waals surface area (Å²) in [4.78, 5) is 19.6. The molecule has 5 nitrogen and oxygen atoms in total. The molecule has 5 heteroatoms. The van der Waals surface area contributed by atoms with Crippen LogP contribution in [0, 0.1) is 17.8 Å². The average Bonchev–Trinajstić information content (AvgIpc) is 2.68. The Balaban J connectivity index is 1.34. The molecule has 1 N–H and O–H groups in total. The minimum atomic E-state index is -0.333. The standard InChI is InChI=1S/C25H31N3O2/c1-3-9-28(2)16-20-6-7-22(23-21(20)5-4-8-26-23)30-24(29)27-25-13-17-10-18(14-25)12-19(11-17)15-25/h3-8,17-19H,1,9-16H2,2H3,(H,27,29). The molecule has 4 saturated carbocycles. The minimum Gasteiger partial charge on any atom is -0.408 e. The number of amides is 1. The van der Waals surface area contributed by atoms with E-state index in [9.17, 15) is 4.79 Å². The van der Waals surface area contributed by atoms with Crippen LogP contribution in [0.4, 0.5) is 4.79 Å². The first-order chi connectivity index (χ1) is 14.5. The third kappa shape index (κ3) is 3.71. The van der Waals surface area contributed by atoms with Crippen LogP contribution >= 0.6 is 0 Å². The lowest BCUT2D eigenvalue weighted by atomic mass is 9.53. The first-order valence-electron chi connectivity index (χ1n) is 11.2. The van der Waals surface area contributed by atoms with Gasteiger partial charge >= 0.3 is 6.09 Å². The summed E-state index contributed by atoms with van der Waals surface area (Å²) in [5.41, 5.74) is 1.85. The zero-order valence-corrected chi connectivity index (χ0v) is 17.8. The van der Waals surface area contributed by atoms with Crippen molar-refractivity contribution in [1.82, 2.24) is 15.2 Å². The van der Waals surface area contributed by atoms with Gasteiger partial charge in [0.15, 0.2) is 5.75 Å². The summed E-state index contributed by atoms with van der Waals surface area (Å²) < 4.78 is 5.83. The van der Waals surface area contributed by atoms with Crippen molar-refractivity contribution in [3.05, 3.63) is 48.7 Å². The summed E-state index contributed by atoms with van der Waals surface area (Å²) in [5.74, 6) is 2.88. The number of hydrogen-bond acceptors (Lipinski definition) is 4. The van der Waals surface area contributed by atoms with Gasteiger partial charge in [-0.2, -0.15) is 0 Å². The van der Waals surface area contributed by atoms with Gasteiger partial charge in [-0.05, 0) is 81.0 Å². The summed E-state index contributed by atoms with van der Waals surface area (Å²) in [6.45, 7) is 5.41. The van der Waals surface area contributed by atoms with E-state index in [0.717, 1.165) is 66.6 Å². The zero-order valence-electron chi connectivity index (χ0n) is 17.8. The summed E-state index contributed by atoms with van der Waals surface area (Å²) in [6.07, 6.45) is 10.7. The maximum absolute atomic E-state index is 12.9. The number of carbonyl (C=O) groups is 1. The smallest absolute Gasteiger partial charge is 0.408 e. The van der Waals surface area contributed by atoms with E-state index in [0.29, 0.717) is 5.75 Å². The average molecular weight is 406 g/mol. The fourth-order valence-electron chi connectivity index (χ4n) is 6.61. The molecular weight excluding hydrogens is 374 g/mol. The Bertz CT molecular complexity index is 935. The van der Waals surface area contributed by atoms with Crippen molar-refractivity contribution in [2.45, 2.75) is 50.6 Å². The molecule has 4 fully saturated rings. The molecular formula is C25H31N3O2. The van der Waals surface area contributed by atoms with Gasteiger partial charge in [-0.15, -0.1) is 6.58 Å². The van der Waals surface area contributed by atoms with Crippen molar-refractivity contribution in [2.24, 2.45) is 17.8 Å². The number of fused-ring (bicyclic) bond motifs is 1. The van der Waals surface area contributed by atoms with Crippen molar-refractivity contribution < 1.29 is 9.53 Å². The number of rotatable bonds is 6. The summed E-state index contributed by atoms with van der Waals surface area (Å²) in [7, 11) is 2.06. The highest BCUT2D eigenvalue weighted by atomic mass is 16.6. The fourth-order valence-corrected chi connectivity index (χ4v) is 6.61. The molecule has 1 heterocycles. The largest absolute Gasteiger partial charge is 0.413 e. The SMILES string of the molecule is C=CCN(C)Cc1ccc(OC(=O)NC23CC4CC(CC(C4)C2)C3)c2ncccc12. The van der Waals surface area contributed by atoms with E-state index in [-0.39, 0.29) is 11.6 Å². The number of hydrogen-bond donors (Lipinski definition) is 1. The van der Waals surface area contributed by atoms with Crippen LogP contribution in [0.15, 0.2) is 43.1 Å². The fraction of sp³-hybridized carbons (Fsp3) is 0.520. The van der Waals surface area contributed by atoms with Crippen LogP contribution in [-0.2, 0) is 6.54 Å². The lowest BCUT2D eigenvalue weighted by Crippen LogP contribution is -2.60. The molecule has 1 aromatic carbocycles. The number of ether oxygens (including phenoxy) is 1. The van der Waals surface area contributed by atoms with E-state index in [1.165, 1.54) is 19.3 Å². The Morgan fingerprint density at radius 3 is 2.60 bits per heavy atom. The van der Waals surface area contributed by atoms with Gasteiger partial charge in [0.05, 0.1) is 0 Å². The molecule has 0 radical (unpaired) electrons. The van der Waals surface area contributed by atoms with Crippen molar-refractivity contribution in [3.63, 3.8) is 0 Å². The van der Waals surface area contributed by atoms with Gasteiger partial charge in [-0.3, -0.25) is 9.88 Å². The Labute approximate surface area is 178 Å². The molecule has 4 aliphatic rings. The molecule has 4 bridgehead atoms. The summed E-state index contributed by atoms with van der Waals surface area (Å²) >= 11 is 0. The molecule has 0 saturated heterocycles. The van der Waals surface area contributed by atoms with Crippen LogP contribution in [0.2, 0.25) is 0 Å². The lowest BCUT2D eigenvalue weighted by Gasteiger charge is -2.56. The van der Waals surface area contributed by atoms with E-state index >= 15 is 0 Å². The zero-order chi connectivity index (χ0) is 20.7. The molecule has 1 aromatic heterocycles. The van der Waals surface area contributed by atoms with Gasteiger partial charge in [0.2, 0.25) is 0 Å². The lowest BCUT2D eigenvalue weighted by molar-refractivity contribution is -0.0161. The second-order valence-electron chi connectivity index (χ2n) is 9.82. The maximum Gasteiger partial charge on any atom is 0.413 e. The Morgan fingerprint density at radius 2 is 1.93 bits per heavy atom. The molecule has 6 rings (SSSR count). The van der Waals surface area contributed by atoms with Crippen LogP contribution < -0.4 is 10.1 Å². The Morgan fingerprint density at radius 1 is 1.23 bits per heavy atom. The number of likely N-dealkylation sites (N-methyl/N-ethyl adjacent to an activating group) is 1. The predicted octanol–water partition coefficient (Wildman–Crippen LogP) is 4.91. The molecule has 0 spiro atoms. The molecule has 158 valence electrons. The highest BCUT2D eigenvalue weighted by Gasteiger charge is 2.51. The topological polar surface area (TPSA) is 54.5 Å². The second-order valence-corrected chi connectivity index (χ2v) is 9.82. The number of benzene rings is 1. The highest BCUT2D eigenvalue weighted by molar-refractivity contribution is 5.89. The normalized spacial score (nSPS) is 29.3. The van der Waals surface area contributed by atoms with E-state index < -0.39 is 0 Å². The van der Waals surface area contributed by atoms with Crippen LogP contribution in [0.25, 0.3) is 10.9 Å². The molecule has 1 amide bonds. The number of carbonyl (C=O) groups excluding carboxylic acids is 1. The minimum absolute atomic E-state index is 0.0532. The molecule has 2 aromatic rings.